The van der Waals surface area contributed by atoms with Gasteiger partial charge >= 0.3 is 0 Å². The molecule has 6 nitrogen and oxygen atoms in total. The van der Waals surface area contributed by atoms with E-state index in [0.29, 0.717) is 21.9 Å². The van der Waals surface area contributed by atoms with Crippen molar-refractivity contribution in [2.45, 2.75) is 11.9 Å². The van der Waals surface area contributed by atoms with Gasteiger partial charge in [0.2, 0.25) is 0 Å². The van der Waals surface area contributed by atoms with Gasteiger partial charge in [-0.05, 0) is 13.2 Å². The van der Waals surface area contributed by atoms with Crippen molar-refractivity contribution in [2.24, 2.45) is 0 Å². The lowest BCUT2D eigenvalue weighted by atomic mass is 10.2. The molecule has 0 amide bonds. The average molecular weight is 244 g/mol. The maximum atomic E-state index is 9.03. The highest BCUT2D eigenvalue weighted by atomic mass is 32.2. The fourth-order valence-electron chi connectivity index (χ4n) is 1.54. The number of nitrogen functional groups attached to an aromatic ring is 1. The molecule has 2 aromatic heterocycles. The fourth-order valence-corrected chi connectivity index (χ4v) is 2.07. The molecule has 0 aliphatic rings. The Morgan fingerprint density at radius 1 is 1.29 bits per heavy atom. The summed E-state index contributed by atoms with van der Waals surface area (Å²) in [6.45, 7) is 1.71. The van der Waals surface area contributed by atoms with Gasteiger partial charge in [0, 0.05) is 0 Å². The number of hydrogen-bond donors (Lipinski definition) is 1. The number of anilines is 1. The molecule has 0 fully saturated rings. The van der Waals surface area contributed by atoms with Crippen LogP contribution >= 0.6 is 11.8 Å². The standard InChI is InChI=1S/C10H8N6S/c1-5-6(3-11)9-14-10(17-2)7(4-12)8(13)16(9)15-5/h13H2,1-2H3. The van der Waals surface area contributed by atoms with Crippen molar-refractivity contribution in [2.75, 3.05) is 12.0 Å². The highest BCUT2D eigenvalue weighted by Crippen LogP contribution is 2.25. The molecule has 2 N–H and O–H groups in total. The van der Waals surface area contributed by atoms with Crippen LogP contribution in [0.5, 0.6) is 0 Å². The molecule has 0 radical (unpaired) electrons. The minimum absolute atomic E-state index is 0.214. The van der Waals surface area contributed by atoms with Gasteiger partial charge in [-0.3, -0.25) is 0 Å². The predicted molar refractivity (Wildman–Crippen MR) is 63.3 cm³/mol. The van der Waals surface area contributed by atoms with Gasteiger partial charge in [0.25, 0.3) is 0 Å². The molecule has 0 saturated heterocycles. The zero-order chi connectivity index (χ0) is 12.6. The number of hydrogen-bond acceptors (Lipinski definition) is 6. The molecular formula is C10H8N6S. The number of aromatic nitrogens is 3. The Morgan fingerprint density at radius 2 is 1.94 bits per heavy atom. The van der Waals surface area contributed by atoms with Crippen LogP contribution in [0.4, 0.5) is 5.82 Å². The van der Waals surface area contributed by atoms with Crippen LogP contribution in [-0.2, 0) is 0 Å². The molecule has 0 saturated carbocycles. The molecule has 84 valence electrons. The SMILES string of the molecule is CSc1nc2c(C#N)c(C)nn2c(N)c1C#N. The van der Waals surface area contributed by atoms with E-state index in [2.05, 4.69) is 10.1 Å². The Labute approximate surface area is 102 Å². The van der Waals surface area contributed by atoms with E-state index < -0.39 is 0 Å². The van der Waals surface area contributed by atoms with E-state index in [1.165, 1.54) is 16.3 Å². The Morgan fingerprint density at radius 3 is 2.47 bits per heavy atom. The van der Waals surface area contributed by atoms with Gasteiger partial charge in [-0.1, -0.05) is 0 Å². The van der Waals surface area contributed by atoms with E-state index in [1.54, 1.807) is 13.2 Å². The summed E-state index contributed by atoms with van der Waals surface area (Å²) >= 11 is 1.31. The summed E-state index contributed by atoms with van der Waals surface area (Å²) in [7, 11) is 0. The second-order valence-corrected chi connectivity index (χ2v) is 4.10. The summed E-state index contributed by atoms with van der Waals surface area (Å²) in [4.78, 5) is 4.26. The van der Waals surface area contributed by atoms with Crippen LogP contribution in [-0.4, -0.2) is 20.9 Å². The van der Waals surface area contributed by atoms with E-state index in [4.69, 9.17) is 16.3 Å². The van der Waals surface area contributed by atoms with Crippen molar-refractivity contribution in [3.8, 4) is 12.1 Å². The van der Waals surface area contributed by atoms with Gasteiger partial charge in [-0.25, -0.2) is 4.98 Å². The van der Waals surface area contributed by atoms with E-state index in [-0.39, 0.29) is 11.4 Å². The summed E-state index contributed by atoms with van der Waals surface area (Å²) < 4.78 is 1.34. The highest BCUT2D eigenvalue weighted by Gasteiger charge is 2.18. The summed E-state index contributed by atoms with van der Waals surface area (Å²) in [5.41, 5.74) is 7.48. The van der Waals surface area contributed by atoms with Gasteiger partial charge in [-0.2, -0.15) is 20.1 Å². The van der Waals surface area contributed by atoms with Crippen molar-refractivity contribution < 1.29 is 0 Å². The average Bonchev–Trinajstić information content (AvgIpc) is 2.65. The van der Waals surface area contributed by atoms with E-state index in [1.807, 2.05) is 12.1 Å². The second-order valence-electron chi connectivity index (χ2n) is 3.30. The first-order valence-electron chi connectivity index (χ1n) is 4.67. The third-order valence-electron chi connectivity index (χ3n) is 2.36. The Hall–Kier alpha value is -2.25. The summed E-state index contributed by atoms with van der Waals surface area (Å²) in [6.07, 6.45) is 1.80. The van der Waals surface area contributed by atoms with Gasteiger partial charge in [0.15, 0.2) is 5.65 Å². The lowest BCUT2D eigenvalue weighted by Crippen LogP contribution is -2.05. The maximum Gasteiger partial charge on any atom is 0.176 e. The second kappa shape index (κ2) is 3.96. The first-order valence-corrected chi connectivity index (χ1v) is 5.89. The van der Waals surface area contributed by atoms with E-state index in [9.17, 15) is 0 Å². The molecule has 0 aromatic carbocycles. The number of fused-ring (bicyclic) bond motifs is 1. The fraction of sp³-hybridized carbons (Fsp3) is 0.200. The lowest BCUT2D eigenvalue weighted by molar-refractivity contribution is 0.904. The zero-order valence-electron chi connectivity index (χ0n) is 9.22. The highest BCUT2D eigenvalue weighted by molar-refractivity contribution is 7.98. The van der Waals surface area contributed by atoms with Crippen molar-refractivity contribution in [3.05, 3.63) is 16.8 Å². The van der Waals surface area contributed by atoms with Crippen LogP contribution in [0.1, 0.15) is 16.8 Å². The zero-order valence-corrected chi connectivity index (χ0v) is 10.0. The molecule has 2 rings (SSSR count). The van der Waals surface area contributed by atoms with Gasteiger partial charge < -0.3 is 5.73 Å². The Bertz CT molecular complexity index is 688. The monoisotopic (exact) mass is 244 g/mol. The molecule has 0 aliphatic heterocycles. The van der Waals surface area contributed by atoms with Crippen LogP contribution in [0.2, 0.25) is 0 Å². The molecule has 0 bridgehead atoms. The predicted octanol–water partition coefficient (Wildman–Crippen LogP) is 1.09. The summed E-state index contributed by atoms with van der Waals surface area (Å²) in [5, 5.41) is 22.7. The third-order valence-corrected chi connectivity index (χ3v) is 3.04. The van der Waals surface area contributed by atoms with Crippen molar-refractivity contribution >= 4 is 23.2 Å². The largest absolute Gasteiger partial charge is 0.382 e. The molecule has 7 heteroatoms. The minimum Gasteiger partial charge on any atom is -0.382 e. The summed E-state index contributed by atoms with van der Waals surface area (Å²) in [5.74, 6) is 0.214. The van der Waals surface area contributed by atoms with Crippen LogP contribution in [0.3, 0.4) is 0 Å². The van der Waals surface area contributed by atoms with E-state index in [0.717, 1.165) is 0 Å². The molecule has 2 heterocycles. The van der Waals surface area contributed by atoms with E-state index >= 15 is 0 Å². The maximum absolute atomic E-state index is 9.03. The molecule has 0 spiro atoms. The van der Waals surface area contributed by atoms with Crippen LogP contribution in [0.25, 0.3) is 5.65 Å². The first kappa shape index (κ1) is 11.2. The Kier molecular flexibility index (Phi) is 2.62. The van der Waals surface area contributed by atoms with Crippen molar-refractivity contribution in [1.29, 1.82) is 10.5 Å². The van der Waals surface area contributed by atoms with Crippen LogP contribution in [0, 0.1) is 29.6 Å². The van der Waals surface area contributed by atoms with Crippen molar-refractivity contribution in [3.63, 3.8) is 0 Å². The first-order chi connectivity index (χ1) is 8.13. The molecule has 0 unspecified atom stereocenters. The number of nitrogens with two attached hydrogens (primary N) is 1. The lowest BCUT2D eigenvalue weighted by Gasteiger charge is -2.04. The number of thioether (sulfide) groups is 1. The minimum atomic E-state index is 0.214. The topological polar surface area (TPSA) is 104 Å². The Balaban J connectivity index is 2.98. The number of nitriles is 2. The van der Waals surface area contributed by atoms with Crippen molar-refractivity contribution in [1.82, 2.24) is 14.6 Å². The normalized spacial score (nSPS) is 10.1. The molecule has 0 atom stereocenters. The number of rotatable bonds is 1. The number of nitrogens with zero attached hydrogens (tertiary/aromatic N) is 5. The third kappa shape index (κ3) is 1.49. The van der Waals surface area contributed by atoms with Gasteiger partial charge in [0.05, 0.1) is 5.69 Å². The molecule has 17 heavy (non-hydrogen) atoms. The molecule has 2 aromatic rings. The van der Waals surface area contributed by atoms with Gasteiger partial charge in [0.1, 0.15) is 34.1 Å². The molecule has 0 aliphatic carbocycles. The van der Waals surface area contributed by atoms with Crippen LogP contribution < -0.4 is 5.73 Å². The number of aryl methyl sites for hydroxylation is 1. The smallest absolute Gasteiger partial charge is 0.176 e. The summed E-state index contributed by atoms with van der Waals surface area (Å²) in [6, 6.07) is 4.04. The molecular weight excluding hydrogens is 236 g/mol. The quantitative estimate of drug-likeness (QED) is 0.594. The van der Waals surface area contributed by atoms with Gasteiger partial charge in [-0.15, -0.1) is 11.8 Å². The van der Waals surface area contributed by atoms with Crippen LogP contribution in [0.15, 0.2) is 5.03 Å².